The van der Waals surface area contributed by atoms with Crippen molar-refractivity contribution in [3.8, 4) is 5.75 Å². The van der Waals surface area contributed by atoms with E-state index in [1.165, 1.54) is 11.1 Å². The molecule has 2 aromatic rings. The Bertz CT molecular complexity index is 718. The summed E-state index contributed by atoms with van der Waals surface area (Å²) in [5.41, 5.74) is 2.40. The summed E-state index contributed by atoms with van der Waals surface area (Å²) in [5, 5.41) is 0. The summed E-state index contributed by atoms with van der Waals surface area (Å²) in [6.07, 6.45) is 4.33. The van der Waals surface area contributed by atoms with E-state index in [2.05, 4.69) is 29.2 Å². The molecule has 26 heavy (non-hydrogen) atoms. The van der Waals surface area contributed by atoms with Crippen molar-refractivity contribution < 1.29 is 9.53 Å². The molecule has 0 N–H and O–H groups in total. The molecule has 136 valence electrons. The highest BCUT2D eigenvalue weighted by molar-refractivity contribution is 5.77. The first-order chi connectivity index (χ1) is 12.7. The maximum atomic E-state index is 12.3. The fraction of sp³-hybridized carbons (Fsp3) is 0.318. The summed E-state index contributed by atoms with van der Waals surface area (Å²) < 4.78 is 5.60. The van der Waals surface area contributed by atoms with Crippen molar-refractivity contribution in [2.75, 3.05) is 39.3 Å². The molecule has 1 fully saturated rings. The maximum Gasteiger partial charge on any atom is 0.260 e. The topological polar surface area (TPSA) is 32.8 Å². The molecule has 0 aromatic heterocycles. The van der Waals surface area contributed by atoms with Gasteiger partial charge >= 0.3 is 0 Å². The van der Waals surface area contributed by atoms with Crippen molar-refractivity contribution in [3.63, 3.8) is 0 Å². The van der Waals surface area contributed by atoms with Gasteiger partial charge in [0, 0.05) is 32.7 Å². The molecular weight excluding hydrogens is 324 g/mol. The second-order valence-corrected chi connectivity index (χ2v) is 6.60. The van der Waals surface area contributed by atoms with Crippen LogP contribution in [0.5, 0.6) is 5.75 Å². The van der Waals surface area contributed by atoms with E-state index in [9.17, 15) is 4.79 Å². The van der Waals surface area contributed by atoms with Crippen molar-refractivity contribution in [2.24, 2.45) is 0 Å². The van der Waals surface area contributed by atoms with E-state index in [1.807, 2.05) is 54.3 Å². The van der Waals surface area contributed by atoms with E-state index in [0.29, 0.717) is 0 Å². The third-order valence-corrected chi connectivity index (χ3v) is 4.58. The number of hydrogen-bond donors (Lipinski definition) is 0. The first kappa shape index (κ1) is 18.2. The number of rotatable bonds is 6. The van der Waals surface area contributed by atoms with Crippen LogP contribution in [0, 0.1) is 6.92 Å². The number of ether oxygens (including phenoxy) is 1. The molecular formula is C22H26N2O2. The molecule has 0 unspecified atom stereocenters. The first-order valence-electron chi connectivity index (χ1n) is 9.12. The third kappa shape index (κ3) is 5.46. The van der Waals surface area contributed by atoms with Crippen LogP contribution in [0.15, 0.2) is 60.7 Å². The van der Waals surface area contributed by atoms with Gasteiger partial charge in [0.1, 0.15) is 5.75 Å². The van der Waals surface area contributed by atoms with Crippen molar-refractivity contribution >= 4 is 12.0 Å². The van der Waals surface area contributed by atoms with Gasteiger partial charge in [-0.2, -0.15) is 0 Å². The minimum Gasteiger partial charge on any atom is -0.484 e. The molecule has 0 aliphatic carbocycles. The Morgan fingerprint density at radius 1 is 1.00 bits per heavy atom. The van der Waals surface area contributed by atoms with Crippen LogP contribution < -0.4 is 4.74 Å². The highest BCUT2D eigenvalue weighted by atomic mass is 16.5. The van der Waals surface area contributed by atoms with Crippen LogP contribution in [0.1, 0.15) is 11.1 Å². The highest BCUT2D eigenvalue weighted by Gasteiger charge is 2.20. The summed E-state index contributed by atoms with van der Waals surface area (Å²) in [6.45, 7) is 6.37. The number of aryl methyl sites for hydroxylation is 1. The largest absolute Gasteiger partial charge is 0.484 e. The number of piperazine rings is 1. The summed E-state index contributed by atoms with van der Waals surface area (Å²) in [4.78, 5) is 16.6. The van der Waals surface area contributed by atoms with Crippen LogP contribution in [0.3, 0.4) is 0 Å². The SMILES string of the molecule is Cc1ccc(OCC(=O)N2CCN(C/C=C/c3ccccc3)CC2)cc1. The van der Waals surface area contributed by atoms with E-state index >= 15 is 0 Å². The van der Waals surface area contributed by atoms with Crippen molar-refractivity contribution in [1.82, 2.24) is 9.80 Å². The molecule has 1 aliphatic rings. The van der Waals surface area contributed by atoms with Gasteiger partial charge in [-0.15, -0.1) is 0 Å². The van der Waals surface area contributed by atoms with Gasteiger partial charge in [-0.05, 0) is 24.6 Å². The Morgan fingerprint density at radius 2 is 1.69 bits per heavy atom. The lowest BCUT2D eigenvalue weighted by molar-refractivity contribution is -0.135. The van der Waals surface area contributed by atoms with E-state index in [-0.39, 0.29) is 12.5 Å². The normalized spacial score (nSPS) is 15.3. The predicted molar refractivity (Wildman–Crippen MR) is 105 cm³/mol. The molecule has 4 heteroatoms. The van der Waals surface area contributed by atoms with Gasteiger partial charge in [0.05, 0.1) is 0 Å². The number of nitrogens with zero attached hydrogens (tertiary/aromatic N) is 2. The number of benzene rings is 2. The Hall–Kier alpha value is -2.59. The van der Waals surface area contributed by atoms with Crippen LogP contribution in [0.2, 0.25) is 0 Å². The Labute approximate surface area is 155 Å². The molecule has 2 aromatic carbocycles. The van der Waals surface area contributed by atoms with E-state index < -0.39 is 0 Å². The third-order valence-electron chi connectivity index (χ3n) is 4.58. The molecule has 0 spiro atoms. The van der Waals surface area contributed by atoms with Crippen molar-refractivity contribution in [1.29, 1.82) is 0 Å². The quantitative estimate of drug-likeness (QED) is 0.802. The van der Waals surface area contributed by atoms with Crippen molar-refractivity contribution in [3.05, 3.63) is 71.8 Å². The molecule has 1 aliphatic heterocycles. The van der Waals surface area contributed by atoms with Gasteiger partial charge in [0.25, 0.3) is 5.91 Å². The molecule has 0 bridgehead atoms. The average Bonchev–Trinajstić information content (AvgIpc) is 2.69. The molecule has 0 saturated carbocycles. The Morgan fingerprint density at radius 3 is 2.38 bits per heavy atom. The van der Waals surface area contributed by atoms with Crippen molar-refractivity contribution in [2.45, 2.75) is 6.92 Å². The second kappa shape index (κ2) is 9.20. The molecule has 3 rings (SSSR count). The van der Waals surface area contributed by atoms with Crippen LogP contribution in [0.25, 0.3) is 6.08 Å². The van der Waals surface area contributed by atoms with Gasteiger partial charge in [0.15, 0.2) is 6.61 Å². The predicted octanol–water partition coefficient (Wildman–Crippen LogP) is 3.23. The number of hydrogen-bond acceptors (Lipinski definition) is 3. The fourth-order valence-corrected chi connectivity index (χ4v) is 2.95. The Kier molecular flexibility index (Phi) is 6.45. The van der Waals surface area contributed by atoms with E-state index in [4.69, 9.17) is 4.74 Å². The molecule has 0 atom stereocenters. The number of amides is 1. The van der Waals surface area contributed by atoms with Gasteiger partial charge in [0.2, 0.25) is 0 Å². The molecule has 1 amide bonds. The zero-order chi connectivity index (χ0) is 18.2. The van der Waals surface area contributed by atoms with E-state index in [0.717, 1.165) is 38.5 Å². The average molecular weight is 350 g/mol. The molecule has 0 radical (unpaired) electrons. The highest BCUT2D eigenvalue weighted by Crippen LogP contribution is 2.12. The fourth-order valence-electron chi connectivity index (χ4n) is 2.95. The van der Waals surface area contributed by atoms with Crippen LogP contribution >= 0.6 is 0 Å². The van der Waals surface area contributed by atoms with Gasteiger partial charge < -0.3 is 9.64 Å². The number of carbonyl (C=O) groups is 1. The van der Waals surface area contributed by atoms with Crippen LogP contribution in [-0.4, -0.2) is 55.0 Å². The standard InChI is InChI=1S/C22H26N2O2/c1-19-9-11-21(12-10-19)26-18-22(25)24-16-14-23(15-17-24)13-5-8-20-6-3-2-4-7-20/h2-12H,13-18H2,1H3/b8-5+. The lowest BCUT2D eigenvalue weighted by Crippen LogP contribution is -2.49. The molecule has 4 nitrogen and oxygen atoms in total. The first-order valence-corrected chi connectivity index (χ1v) is 9.12. The summed E-state index contributed by atoms with van der Waals surface area (Å²) in [6, 6.07) is 18.1. The van der Waals surface area contributed by atoms with Gasteiger partial charge in [-0.25, -0.2) is 0 Å². The molecule has 1 saturated heterocycles. The minimum atomic E-state index is 0.0602. The van der Waals surface area contributed by atoms with Crippen LogP contribution in [-0.2, 0) is 4.79 Å². The summed E-state index contributed by atoms with van der Waals surface area (Å²) >= 11 is 0. The second-order valence-electron chi connectivity index (χ2n) is 6.60. The number of carbonyl (C=O) groups excluding carboxylic acids is 1. The Balaban J connectivity index is 1.38. The maximum absolute atomic E-state index is 12.3. The zero-order valence-electron chi connectivity index (χ0n) is 15.3. The van der Waals surface area contributed by atoms with Crippen LogP contribution in [0.4, 0.5) is 0 Å². The summed E-state index contributed by atoms with van der Waals surface area (Å²) in [5.74, 6) is 0.804. The van der Waals surface area contributed by atoms with Gasteiger partial charge in [-0.1, -0.05) is 60.2 Å². The molecule has 1 heterocycles. The summed E-state index contributed by atoms with van der Waals surface area (Å²) in [7, 11) is 0. The monoisotopic (exact) mass is 350 g/mol. The minimum absolute atomic E-state index is 0.0602. The lowest BCUT2D eigenvalue weighted by atomic mass is 10.2. The lowest BCUT2D eigenvalue weighted by Gasteiger charge is -2.34. The zero-order valence-corrected chi connectivity index (χ0v) is 15.3. The van der Waals surface area contributed by atoms with Gasteiger partial charge in [-0.3, -0.25) is 9.69 Å². The van der Waals surface area contributed by atoms with E-state index in [1.54, 1.807) is 0 Å². The smallest absolute Gasteiger partial charge is 0.260 e.